The van der Waals surface area contributed by atoms with E-state index >= 15 is 0 Å². The molecule has 3 rings (SSSR count). The van der Waals surface area contributed by atoms with E-state index in [0.29, 0.717) is 0 Å². The van der Waals surface area contributed by atoms with E-state index in [4.69, 9.17) is 4.42 Å². The van der Waals surface area contributed by atoms with Crippen molar-refractivity contribution in [3.05, 3.63) is 70.4 Å². The Hall–Kier alpha value is -2.27. The van der Waals surface area contributed by atoms with Gasteiger partial charge in [0.1, 0.15) is 11.3 Å². The second kappa shape index (κ2) is 7.09. The van der Waals surface area contributed by atoms with E-state index in [1.54, 1.807) is 0 Å². The van der Waals surface area contributed by atoms with E-state index in [0.717, 1.165) is 26.8 Å². The highest BCUT2D eigenvalue weighted by Gasteiger charge is 2.16. The van der Waals surface area contributed by atoms with E-state index in [9.17, 15) is 4.79 Å². The minimum absolute atomic E-state index is 0.108. The molecule has 0 aliphatic rings. The van der Waals surface area contributed by atoms with Crippen molar-refractivity contribution in [1.82, 2.24) is 10.6 Å². The van der Waals surface area contributed by atoms with Gasteiger partial charge < -0.3 is 15.1 Å². The summed E-state index contributed by atoms with van der Waals surface area (Å²) in [7, 11) is 0. The van der Waals surface area contributed by atoms with Gasteiger partial charge in [0.25, 0.3) is 0 Å². The summed E-state index contributed by atoms with van der Waals surface area (Å²) in [5, 5.41) is 6.90. The summed E-state index contributed by atoms with van der Waals surface area (Å²) in [4.78, 5) is 12.3. The zero-order valence-corrected chi connectivity index (χ0v) is 15.1. The van der Waals surface area contributed by atoms with Gasteiger partial charge in [0.2, 0.25) is 0 Å². The zero-order chi connectivity index (χ0) is 17.1. The molecule has 2 N–H and O–H groups in total. The van der Waals surface area contributed by atoms with Crippen LogP contribution in [0.4, 0.5) is 4.79 Å². The maximum absolute atomic E-state index is 12.3. The number of rotatable bonds is 4. The van der Waals surface area contributed by atoms with Crippen LogP contribution in [-0.4, -0.2) is 6.03 Å². The third kappa shape index (κ3) is 3.62. The molecule has 1 aromatic heterocycles. The molecule has 0 radical (unpaired) electrons. The molecule has 0 aliphatic carbocycles. The van der Waals surface area contributed by atoms with Crippen LogP contribution in [0.15, 0.2) is 63.5 Å². The second-order valence-electron chi connectivity index (χ2n) is 5.77. The number of hydrogen-bond acceptors (Lipinski definition) is 2. The molecular weight excluding hydrogens is 368 g/mol. The first-order valence-corrected chi connectivity index (χ1v) is 8.64. The van der Waals surface area contributed by atoms with Crippen LogP contribution in [-0.2, 0) is 0 Å². The molecule has 124 valence electrons. The molecule has 4 nitrogen and oxygen atoms in total. The predicted octanol–water partition coefficient (Wildman–Crippen LogP) is 5.32. The Morgan fingerprint density at radius 3 is 2.42 bits per heavy atom. The van der Waals surface area contributed by atoms with Gasteiger partial charge in [-0.2, -0.15) is 0 Å². The zero-order valence-electron chi connectivity index (χ0n) is 13.5. The smallest absolute Gasteiger partial charge is 0.315 e. The quantitative estimate of drug-likeness (QED) is 0.637. The molecule has 0 fully saturated rings. The van der Waals surface area contributed by atoms with E-state index in [-0.39, 0.29) is 18.1 Å². The highest BCUT2D eigenvalue weighted by Crippen LogP contribution is 2.24. The number of nitrogens with one attached hydrogen (secondary N) is 2. The van der Waals surface area contributed by atoms with Crippen LogP contribution < -0.4 is 10.6 Å². The first kappa shape index (κ1) is 16.6. The topological polar surface area (TPSA) is 54.3 Å². The van der Waals surface area contributed by atoms with Gasteiger partial charge in [-0.25, -0.2) is 4.79 Å². The summed E-state index contributed by atoms with van der Waals surface area (Å²) in [6.45, 7) is 3.85. The lowest BCUT2D eigenvalue weighted by molar-refractivity contribution is 0.233. The number of carbonyl (C=O) groups excluding carboxylic acids is 1. The van der Waals surface area contributed by atoms with Gasteiger partial charge in [-0.15, -0.1) is 0 Å². The molecular formula is C19H19BrN2O2. The fourth-order valence-electron chi connectivity index (χ4n) is 2.63. The largest absolute Gasteiger partial charge is 0.459 e. The van der Waals surface area contributed by atoms with Crippen molar-refractivity contribution in [2.45, 2.75) is 25.9 Å². The number of furan rings is 1. The molecule has 3 aromatic rings. The number of fused-ring (bicyclic) bond motifs is 1. The number of amides is 2. The van der Waals surface area contributed by atoms with Crippen LogP contribution in [0.5, 0.6) is 0 Å². The second-order valence-corrected chi connectivity index (χ2v) is 6.62. The van der Waals surface area contributed by atoms with Gasteiger partial charge in [-0.1, -0.05) is 52.3 Å². The minimum Gasteiger partial charge on any atom is -0.459 e. The number of benzene rings is 2. The monoisotopic (exact) mass is 386 g/mol. The Morgan fingerprint density at radius 1 is 1.00 bits per heavy atom. The normalized spacial score (nSPS) is 13.5. The number of urea groups is 1. The number of hydrogen-bond donors (Lipinski definition) is 2. The lowest BCUT2D eigenvalue weighted by atomic mass is 10.1. The Kier molecular flexibility index (Phi) is 4.90. The van der Waals surface area contributed by atoms with Crippen molar-refractivity contribution in [1.29, 1.82) is 0 Å². The lowest BCUT2D eigenvalue weighted by Gasteiger charge is -2.18. The Bertz CT molecular complexity index is 826. The standard InChI is InChI=1S/C19H19BrN2O2/c1-12(15-8-4-5-9-16(15)20)21-19(23)22-13(2)18-11-14-7-3-6-10-17(14)24-18/h3-13H,1-2H3,(H2,21,22,23)/t12-,13-/m1/s1. The Labute approximate surface area is 149 Å². The molecule has 5 heteroatoms. The number of para-hydroxylation sites is 1. The first-order chi connectivity index (χ1) is 11.5. The van der Waals surface area contributed by atoms with Crippen LogP contribution in [0.1, 0.15) is 37.3 Å². The van der Waals surface area contributed by atoms with Gasteiger partial charge in [0.05, 0.1) is 12.1 Å². The molecule has 0 bridgehead atoms. The van der Waals surface area contributed by atoms with Crippen LogP contribution >= 0.6 is 15.9 Å². The molecule has 2 aromatic carbocycles. The third-order valence-corrected chi connectivity index (χ3v) is 4.66. The first-order valence-electron chi connectivity index (χ1n) is 7.84. The average Bonchev–Trinajstić information content (AvgIpc) is 2.99. The highest BCUT2D eigenvalue weighted by atomic mass is 79.9. The van der Waals surface area contributed by atoms with Crippen molar-refractivity contribution >= 4 is 32.9 Å². The lowest BCUT2D eigenvalue weighted by Crippen LogP contribution is -2.38. The summed E-state index contributed by atoms with van der Waals surface area (Å²) >= 11 is 3.51. The summed E-state index contributed by atoms with van der Waals surface area (Å²) in [5.74, 6) is 0.736. The third-order valence-electron chi connectivity index (χ3n) is 3.94. The maximum Gasteiger partial charge on any atom is 0.315 e. The van der Waals surface area contributed by atoms with Gasteiger partial charge in [0, 0.05) is 9.86 Å². The van der Waals surface area contributed by atoms with Gasteiger partial charge in [-0.05, 0) is 37.6 Å². The molecule has 0 saturated carbocycles. The van der Waals surface area contributed by atoms with Gasteiger partial charge in [0.15, 0.2) is 0 Å². The van der Waals surface area contributed by atoms with Crippen LogP contribution in [0.25, 0.3) is 11.0 Å². The summed E-state index contributed by atoms with van der Waals surface area (Å²) < 4.78 is 6.76. The molecule has 0 unspecified atom stereocenters. The number of carbonyl (C=O) groups is 1. The molecule has 1 heterocycles. The molecule has 0 spiro atoms. The summed E-state index contributed by atoms with van der Waals surface area (Å²) in [6.07, 6.45) is 0. The number of halogens is 1. The fourth-order valence-corrected chi connectivity index (χ4v) is 3.25. The van der Waals surface area contributed by atoms with E-state index in [2.05, 4.69) is 26.6 Å². The highest BCUT2D eigenvalue weighted by molar-refractivity contribution is 9.10. The van der Waals surface area contributed by atoms with Crippen LogP contribution in [0.3, 0.4) is 0 Å². The van der Waals surface area contributed by atoms with Crippen LogP contribution in [0, 0.1) is 0 Å². The molecule has 2 amide bonds. The summed E-state index contributed by atoms with van der Waals surface area (Å²) in [6, 6.07) is 17.0. The average molecular weight is 387 g/mol. The molecule has 0 saturated heterocycles. The summed E-state index contributed by atoms with van der Waals surface area (Å²) in [5.41, 5.74) is 1.85. The SMILES string of the molecule is C[C@@H](NC(=O)N[C@H](C)c1ccccc1Br)c1cc2ccccc2o1. The Balaban J connectivity index is 1.64. The van der Waals surface area contributed by atoms with Gasteiger partial charge in [-0.3, -0.25) is 0 Å². The Morgan fingerprint density at radius 2 is 1.67 bits per heavy atom. The minimum atomic E-state index is -0.230. The maximum atomic E-state index is 12.3. The van der Waals surface area contributed by atoms with Gasteiger partial charge >= 0.3 is 6.03 Å². The van der Waals surface area contributed by atoms with E-state index < -0.39 is 0 Å². The van der Waals surface area contributed by atoms with E-state index in [1.165, 1.54) is 0 Å². The van der Waals surface area contributed by atoms with Crippen molar-refractivity contribution in [2.24, 2.45) is 0 Å². The van der Waals surface area contributed by atoms with Crippen molar-refractivity contribution < 1.29 is 9.21 Å². The van der Waals surface area contributed by atoms with E-state index in [1.807, 2.05) is 68.4 Å². The van der Waals surface area contributed by atoms with Crippen molar-refractivity contribution in [3.63, 3.8) is 0 Å². The molecule has 24 heavy (non-hydrogen) atoms. The predicted molar refractivity (Wildman–Crippen MR) is 98.9 cm³/mol. The van der Waals surface area contributed by atoms with Crippen molar-refractivity contribution in [3.8, 4) is 0 Å². The molecule has 2 atom stereocenters. The van der Waals surface area contributed by atoms with Crippen molar-refractivity contribution in [2.75, 3.05) is 0 Å². The fraction of sp³-hybridized carbons (Fsp3) is 0.211. The van der Waals surface area contributed by atoms with Crippen LogP contribution in [0.2, 0.25) is 0 Å². The molecule has 0 aliphatic heterocycles.